The van der Waals surface area contributed by atoms with E-state index in [1.807, 2.05) is 12.3 Å². The molecular weight excluding hydrogens is 246 g/mol. The predicted molar refractivity (Wildman–Crippen MR) is 79.4 cm³/mol. The van der Waals surface area contributed by atoms with Crippen LogP contribution in [0.2, 0.25) is 5.02 Å². The zero-order valence-corrected chi connectivity index (χ0v) is 12.6. The lowest BCUT2D eigenvalue weighted by atomic mass is 10.2. The van der Waals surface area contributed by atoms with Gasteiger partial charge in [-0.05, 0) is 25.0 Å². The van der Waals surface area contributed by atoms with Crippen molar-refractivity contribution in [3.8, 4) is 0 Å². The van der Waals surface area contributed by atoms with Crippen molar-refractivity contribution in [2.24, 2.45) is 0 Å². The Morgan fingerprint density at radius 1 is 1.39 bits per heavy atom. The van der Waals surface area contributed by atoms with Crippen molar-refractivity contribution in [1.29, 1.82) is 0 Å². The molecule has 4 heteroatoms. The molecule has 0 aromatic carbocycles. The first-order valence-electron chi connectivity index (χ1n) is 6.71. The summed E-state index contributed by atoms with van der Waals surface area (Å²) >= 11 is 6.32. The zero-order chi connectivity index (χ0) is 13.5. The van der Waals surface area contributed by atoms with E-state index in [2.05, 4.69) is 42.9 Å². The Labute approximate surface area is 116 Å². The number of pyridine rings is 1. The van der Waals surface area contributed by atoms with Gasteiger partial charge in [0.15, 0.2) is 0 Å². The van der Waals surface area contributed by atoms with Gasteiger partial charge in [-0.25, -0.2) is 4.98 Å². The number of halogens is 1. The fraction of sp³-hybridized carbons (Fsp3) is 0.643. The largest absolute Gasteiger partial charge is 0.356 e. The molecule has 0 aliphatic rings. The molecule has 0 saturated carbocycles. The molecule has 1 rings (SSSR count). The fourth-order valence-corrected chi connectivity index (χ4v) is 2.11. The monoisotopic (exact) mass is 269 g/mol. The number of aromatic nitrogens is 1. The summed E-state index contributed by atoms with van der Waals surface area (Å²) in [5, 5.41) is 4.11. The maximum atomic E-state index is 6.32. The first-order chi connectivity index (χ1) is 8.58. The van der Waals surface area contributed by atoms with E-state index in [1.54, 1.807) is 0 Å². The van der Waals surface area contributed by atoms with Crippen LogP contribution in [0.3, 0.4) is 0 Å². The van der Waals surface area contributed by atoms with Gasteiger partial charge in [-0.2, -0.15) is 0 Å². The average molecular weight is 270 g/mol. The quantitative estimate of drug-likeness (QED) is 0.822. The van der Waals surface area contributed by atoms with Crippen molar-refractivity contribution >= 4 is 17.4 Å². The molecule has 1 heterocycles. The Morgan fingerprint density at radius 3 is 2.61 bits per heavy atom. The van der Waals surface area contributed by atoms with Gasteiger partial charge in [-0.3, -0.25) is 0 Å². The Balaban J connectivity index is 2.78. The maximum Gasteiger partial charge on any atom is 0.147 e. The summed E-state index contributed by atoms with van der Waals surface area (Å²) in [5.74, 6) is 0.898. The van der Waals surface area contributed by atoms with Gasteiger partial charge >= 0.3 is 0 Å². The summed E-state index contributed by atoms with van der Waals surface area (Å²) in [7, 11) is 0. The predicted octanol–water partition coefficient (Wildman–Crippen LogP) is 3.47. The van der Waals surface area contributed by atoms with Gasteiger partial charge in [-0.1, -0.05) is 32.4 Å². The number of hydrogen-bond donors (Lipinski definition) is 1. The van der Waals surface area contributed by atoms with Crippen molar-refractivity contribution < 1.29 is 0 Å². The van der Waals surface area contributed by atoms with E-state index in [9.17, 15) is 0 Å². The summed E-state index contributed by atoms with van der Waals surface area (Å²) in [6.07, 6.45) is 3.01. The number of rotatable bonds is 7. The first kappa shape index (κ1) is 15.3. The van der Waals surface area contributed by atoms with E-state index in [4.69, 9.17) is 11.6 Å². The second-order valence-electron chi connectivity index (χ2n) is 4.76. The summed E-state index contributed by atoms with van der Waals surface area (Å²) in [6.45, 7) is 11.3. The standard InChI is InChI=1S/C14H24ClN3/c1-5-7-18(6-2)14-13(15)8-12(10-17-14)9-16-11(3)4/h8,10-11,16H,5-7,9H2,1-4H3. The minimum Gasteiger partial charge on any atom is -0.356 e. The molecule has 1 aromatic heterocycles. The van der Waals surface area contributed by atoms with Gasteiger partial charge in [0, 0.05) is 31.9 Å². The highest BCUT2D eigenvalue weighted by atomic mass is 35.5. The molecule has 0 atom stereocenters. The van der Waals surface area contributed by atoms with E-state index < -0.39 is 0 Å². The highest BCUT2D eigenvalue weighted by Gasteiger charge is 2.10. The van der Waals surface area contributed by atoms with Crippen LogP contribution in [-0.4, -0.2) is 24.1 Å². The maximum absolute atomic E-state index is 6.32. The molecule has 1 N–H and O–H groups in total. The third-order valence-corrected chi connectivity index (χ3v) is 3.05. The molecule has 0 spiro atoms. The van der Waals surface area contributed by atoms with Gasteiger partial charge in [0.1, 0.15) is 5.82 Å². The number of hydrogen-bond acceptors (Lipinski definition) is 3. The molecule has 0 radical (unpaired) electrons. The lowest BCUT2D eigenvalue weighted by Crippen LogP contribution is -2.25. The highest BCUT2D eigenvalue weighted by molar-refractivity contribution is 6.33. The fourth-order valence-electron chi connectivity index (χ4n) is 1.81. The van der Waals surface area contributed by atoms with Crippen LogP contribution in [-0.2, 0) is 6.54 Å². The highest BCUT2D eigenvalue weighted by Crippen LogP contribution is 2.24. The second kappa shape index (κ2) is 7.59. The summed E-state index contributed by atoms with van der Waals surface area (Å²) < 4.78 is 0. The van der Waals surface area contributed by atoms with E-state index >= 15 is 0 Å². The molecule has 0 saturated heterocycles. The second-order valence-corrected chi connectivity index (χ2v) is 5.17. The van der Waals surface area contributed by atoms with Crippen molar-refractivity contribution in [1.82, 2.24) is 10.3 Å². The van der Waals surface area contributed by atoms with Crippen LogP contribution in [0.5, 0.6) is 0 Å². The molecule has 0 aliphatic heterocycles. The number of nitrogens with zero attached hydrogens (tertiary/aromatic N) is 2. The van der Waals surface area contributed by atoms with Crippen molar-refractivity contribution in [3.63, 3.8) is 0 Å². The first-order valence-corrected chi connectivity index (χ1v) is 7.09. The summed E-state index contributed by atoms with van der Waals surface area (Å²) in [5.41, 5.74) is 1.13. The van der Waals surface area contributed by atoms with Crippen LogP contribution >= 0.6 is 11.6 Å². The SMILES string of the molecule is CCCN(CC)c1ncc(CNC(C)C)cc1Cl. The third-order valence-electron chi connectivity index (χ3n) is 2.77. The number of nitrogens with one attached hydrogen (secondary N) is 1. The molecule has 18 heavy (non-hydrogen) atoms. The third kappa shape index (κ3) is 4.46. The van der Waals surface area contributed by atoms with Crippen molar-refractivity contribution in [2.45, 2.75) is 46.7 Å². The molecule has 0 amide bonds. The van der Waals surface area contributed by atoms with E-state index in [1.165, 1.54) is 0 Å². The molecule has 0 aliphatic carbocycles. The Morgan fingerprint density at radius 2 is 2.11 bits per heavy atom. The summed E-state index contributed by atoms with van der Waals surface area (Å²) in [6, 6.07) is 2.48. The van der Waals surface area contributed by atoms with Gasteiger partial charge < -0.3 is 10.2 Å². The normalized spacial score (nSPS) is 11.0. The van der Waals surface area contributed by atoms with Crippen LogP contribution < -0.4 is 10.2 Å². The van der Waals surface area contributed by atoms with Gasteiger partial charge in [0.25, 0.3) is 0 Å². The van der Waals surface area contributed by atoms with E-state index in [0.717, 1.165) is 42.5 Å². The van der Waals surface area contributed by atoms with Crippen LogP contribution in [0.15, 0.2) is 12.3 Å². The molecule has 3 nitrogen and oxygen atoms in total. The number of anilines is 1. The molecular formula is C14H24ClN3. The Hall–Kier alpha value is -0.800. The van der Waals surface area contributed by atoms with E-state index in [-0.39, 0.29) is 0 Å². The van der Waals surface area contributed by atoms with E-state index in [0.29, 0.717) is 6.04 Å². The molecule has 1 aromatic rings. The van der Waals surface area contributed by atoms with Crippen LogP contribution in [0.4, 0.5) is 5.82 Å². The molecule has 0 fully saturated rings. The van der Waals surface area contributed by atoms with Gasteiger partial charge in [0.2, 0.25) is 0 Å². The molecule has 0 unspecified atom stereocenters. The van der Waals surface area contributed by atoms with Crippen molar-refractivity contribution in [2.75, 3.05) is 18.0 Å². The Kier molecular flexibility index (Phi) is 6.44. The zero-order valence-electron chi connectivity index (χ0n) is 11.8. The van der Waals surface area contributed by atoms with Crippen LogP contribution in [0.25, 0.3) is 0 Å². The average Bonchev–Trinajstić information content (AvgIpc) is 2.34. The minimum absolute atomic E-state index is 0.468. The molecule has 102 valence electrons. The smallest absolute Gasteiger partial charge is 0.147 e. The van der Waals surface area contributed by atoms with Crippen molar-refractivity contribution in [3.05, 3.63) is 22.8 Å². The minimum atomic E-state index is 0.468. The summed E-state index contributed by atoms with van der Waals surface area (Å²) in [4.78, 5) is 6.71. The lowest BCUT2D eigenvalue weighted by Gasteiger charge is -2.22. The lowest BCUT2D eigenvalue weighted by molar-refractivity contribution is 0.588. The molecule has 0 bridgehead atoms. The topological polar surface area (TPSA) is 28.2 Å². The van der Waals surface area contributed by atoms with Gasteiger partial charge in [0.05, 0.1) is 5.02 Å². The van der Waals surface area contributed by atoms with Crippen LogP contribution in [0, 0.1) is 0 Å². The van der Waals surface area contributed by atoms with Gasteiger partial charge in [-0.15, -0.1) is 0 Å². The Bertz CT molecular complexity index is 366. The van der Waals surface area contributed by atoms with Crippen LogP contribution in [0.1, 0.15) is 39.7 Å².